The van der Waals surface area contributed by atoms with Crippen LogP contribution in [0, 0.1) is 0 Å². The molecule has 21 heavy (non-hydrogen) atoms. The lowest BCUT2D eigenvalue weighted by Crippen LogP contribution is -2.49. The predicted molar refractivity (Wildman–Crippen MR) is 83.6 cm³/mol. The summed E-state index contributed by atoms with van der Waals surface area (Å²) in [6.07, 6.45) is 0.213. The van der Waals surface area contributed by atoms with Crippen LogP contribution in [0.3, 0.4) is 0 Å². The molecular formula is C14H22ClN3O3. The summed E-state index contributed by atoms with van der Waals surface area (Å²) in [5.41, 5.74) is 10.6. The minimum Gasteiger partial charge on any atom is -0.493 e. The molecule has 0 aromatic heterocycles. The van der Waals surface area contributed by atoms with E-state index in [0.717, 1.165) is 0 Å². The van der Waals surface area contributed by atoms with Crippen molar-refractivity contribution in [1.82, 2.24) is 5.32 Å². The van der Waals surface area contributed by atoms with Gasteiger partial charge in [-0.15, -0.1) is 12.4 Å². The summed E-state index contributed by atoms with van der Waals surface area (Å²) in [7, 11) is 0. The molecule has 1 aromatic rings. The third kappa shape index (κ3) is 6.97. The number of carbonyl (C=O) groups excluding carboxylic acids is 2. The molecule has 0 spiro atoms. The van der Waals surface area contributed by atoms with Crippen molar-refractivity contribution in [2.24, 2.45) is 11.5 Å². The van der Waals surface area contributed by atoms with Crippen molar-refractivity contribution >= 4 is 24.2 Å². The second kappa shape index (κ2) is 8.49. The molecule has 0 aliphatic heterocycles. The molecule has 1 aromatic carbocycles. The molecule has 2 amide bonds. The van der Waals surface area contributed by atoms with Crippen LogP contribution in [-0.4, -0.2) is 30.5 Å². The highest BCUT2D eigenvalue weighted by atomic mass is 35.5. The van der Waals surface area contributed by atoms with Gasteiger partial charge >= 0.3 is 0 Å². The molecule has 5 N–H and O–H groups in total. The SMILES string of the molecule is CC(C)(CN)NC(=O)CCOc1cccc(C(N)=O)c1.Cl. The number of hydrogen-bond acceptors (Lipinski definition) is 4. The maximum Gasteiger partial charge on any atom is 0.248 e. The molecule has 0 unspecified atom stereocenters. The van der Waals surface area contributed by atoms with Crippen LogP contribution in [-0.2, 0) is 4.79 Å². The Balaban J connectivity index is 0.00000400. The van der Waals surface area contributed by atoms with Crippen molar-refractivity contribution in [3.63, 3.8) is 0 Å². The fraction of sp³-hybridized carbons (Fsp3) is 0.429. The van der Waals surface area contributed by atoms with E-state index in [1.165, 1.54) is 0 Å². The van der Waals surface area contributed by atoms with Gasteiger partial charge in [-0.25, -0.2) is 0 Å². The first-order valence-corrected chi connectivity index (χ1v) is 6.38. The van der Waals surface area contributed by atoms with Crippen LogP contribution in [0.2, 0.25) is 0 Å². The van der Waals surface area contributed by atoms with Crippen LogP contribution < -0.4 is 21.5 Å². The summed E-state index contributed by atoms with van der Waals surface area (Å²) in [5.74, 6) is -0.142. The minimum atomic E-state index is -0.516. The lowest BCUT2D eigenvalue weighted by Gasteiger charge is -2.24. The Morgan fingerprint density at radius 3 is 2.57 bits per heavy atom. The molecule has 6 nitrogen and oxygen atoms in total. The van der Waals surface area contributed by atoms with Crippen LogP contribution in [0.15, 0.2) is 24.3 Å². The van der Waals surface area contributed by atoms with Crippen LogP contribution in [0.5, 0.6) is 5.75 Å². The predicted octanol–water partition coefficient (Wildman–Crippen LogP) is 0.830. The summed E-state index contributed by atoms with van der Waals surface area (Å²) in [5, 5.41) is 2.80. The van der Waals surface area contributed by atoms with Gasteiger partial charge in [-0.05, 0) is 32.0 Å². The summed E-state index contributed by atoms with van der Waals surface area (Å²) in [6.45, 7) is 4.28. The number of carbonyl (C=O) groups is 2. The molecule has 1 rings (SSSR count). The van der Waals surface area contributed by atoms with Gasteiger partial charge in [0.25, 0.3) is 0 Å². The van der Waals surface area contributed by atoms with Gasteiger partial charge in [-0.1, -0.05) is 6.07 Å². The number of primary amides is 1. The third-order valence-corrected chi connectivity index (χ3v) is 2.70. The number of benzene rings is 1. The Hall–Kier alpha value is -1.79. The highest BCUT2D eigenvalue weighted by Crippen LogP contribution is 2.13. The Bertz CT molecular complexity index is 492. The van der Waals surface area contributed by atoms with Crippen molar-refractivity contribution in [2.75, 3.05) is 13.2 Å². The van der Waals surface area contributed by atoms with Gasteiger partial charge in [-0.2, -0.15) is 0 Å². The Kier molecular flexibility index (Phi) is 7.76. The number of hydrogen-bond donors (Lipinski definition) is 3. The second-order valence-electron chi connectivity index (χ2n) is 5.13. The van der Waals surface area contributed by atoms with E-state index in [0.29, 0.717) is 17.9 Å². The van der Waals surface area contributed by atoms with E-state index in [1.807, 2.05) is 13.8 Å². The van der Waals surface area contributed by atoms with Gasteiger partial charge < -0.3 is 21.5 Å². The molecule has 118 valence electrons. The van der Waals surface area contributed by atoms with Crippen molar-refractivity contribution in [3.05, 3.63) is 29.8 Å². The monoisotopic (exact) mass is 315 g/mol. The number of amides is 2. The van der Waals surface area contributed by atoms with E-state index >= 15 is 0 Å². The summed E-state index contributed by atoms with van der Waals surface area (Å²) < 4.78 is 5.42. The molecule has 7 heteroatoms. The zero-order chi connectivity index (χ0) is 15.2. The quantitative estimate of drug-likeness (QED) is 0.692. The van der Waals surface area contributed by atoms with Gasteiger partial charge in [0.15, 0.2) is 0 Å². The number of rotatable bonds is 7. The molecule has 0 aliphatic carbocycles. The van der Waals surface area contributed by atoms with Crippen molar-refractivity contribution < 1.29 is 14.3 Å². The van der Waals surface area contributed by atoms with Crippen LogP contribution in [0.25, 0.3) is 0 Å². The van der Waals surface area contributed by atoms with Crippen LogP contribution in [0.1, 0.15) is 30.6 Å². The van der Waals surface area contributed by atoms with E-state index in [-0.39, 0.29) is 31.3 Å². The fourth-order valence-electron chi connectivity index (χ4n) is 1.49. The number of halogens is 1. The third-order valence-electron chi connectivity index (χ3n) is 2.70. The van der Waals surface area contributed by atoms with Gasteiger partial charge in [0, 0.05) is 17.6 Å². The van der Waals surface area contributed by atoms with E-state index in [1.54, 1.807) is 24.3 Å². The minimum absolute atomic E-state index is 0. The zero-order valence-electron chi connectivity index (χ0n) is 12.2. The van der Waals surface area contributed by atoms with E-state index in [4.69, 9.17) is 16.2 Å². The van der Waals surface area contributed by atoms with E-state index in [9.17, 15) is 9.59 Å². The first kappa shape index (κ1) is 19.2. The summed E-state index contributed by atoms with van der Waals surface area (Å²) in [6, 6.07) is 6.52. The van der Waals surface area contributed by atoms with Crippen LogP contribution >= 0.6 is 12.4 Å². The first-order valence-electron chi connectivity index (χ1n) is 6.38. The maximum atomic E-state index is 11.7. The topological polar surface area (TPSA) is 107 Å². The first-order chi connectivity index (χ1) is 9.34. The highest BCUT2D eigenvalue weighted by molar-refractivity contribution is 5.93. The number of nitrogens with two attached hydrogens (primary N) is 2. The lowest BCUT2D eigenvalue weighted by atomic mass is 10.1. The van der Waals surface area contributed by atoms with Gasteiger partial charge in [0.05, 0.1) is 13.0 Å². The molecular weight excluding hydrogens is 294 g/mol. The summed E-state index contributed by atoms with van der Waals surface area (Å²) in [4.78, 5) is 22.7. The lowest BCUT2D eigenvalue weighted by molar-refractivity contribution is -0.123. The normalized spacial score (nSPS) is 10.4. The molecule has 0 saturated heterocycles. The largest absolute Gasteiger partial charge is 0.493 e. The molecule has 0 aliphatic rings. The van der Waals surface area contributed by atoms with Crippen molar-refractivity contribution in [2.45, 2.75) is 25.8 Å². The van der Waals surface area contributed by atoms with Crippen LogP contribution in [0.4, 0.5) is 0 Å². The average molecular weight is 316 g/mol. The molecule has 0 fully saturated rings. The Morgan fingerprint density at radius 1 is 1.33 bits per heavy atom. The average Bonchev–Trinajstić information content (AvgIpc) is 2.38. The Labute approximate surface area is 130 Å². The van der Waals surface area contributed by atoms with Crippen molar-refractivity contribution in [3.8, 4) is 5.75 Å². The van der Waals surface area contributed by atoms with Gasteiger partial charge in [0.2, 0.25) is 11.8 Å². The smallest absolute Gasteiger partial charge is 0.248 e. The molecule has 0 atom stereocenters. The van der Waals surface area contributed by atoms with Crippen molar-refractivity contribution in [1.29, 1.82) is 0 Å². The summed E-state index contributed by atoms with van der Waals surface area (Å²) >= 11 is 0. The van der Waals surface area contributed by atoms with Gasteiger partial charge in [-0.3, -0.25) is 9.59 Å². The Morgan fingerprint density at radius 2 is 2.00 bits per heavy atom. The molecule has 0 heterocycles. The highest BCUT2D eigenvalue weighted by Gasteiger charge is 2.17. The zero-order valence-corrected chi connectivity index (χ0v) is 13.0. The second-order valence-corrected chi connectivity index (χ2v) is 5.13. The number of ether oxygens (including phenoxy) is 1. The fourth-order valence-corrected chi connectivity index (χ4v) is 1.49. The standard InChI is InChI=1S/C14H21N3O3.ClH/c1-14(2,9-15)17-12(18)6-7-20-11-5-3-4-10(8-11)13(16)19;/h3-5,8H,6-7,9,15H2,1-2H3,(H2,16,19)(H,17,18);1H. The molecule has 0 saturated carbocycles. The van der Waals surface area contributed by atoms with E-state index in [2.05, 4.69) is 5.32 Å². The maximum absolute atomic E-state index is 11.7. The van der Waals surface area contributed by atoms with E-state index < -0.39 is 11.4 Å². The molecule has 0 bridgehead atoms. The van der Waals surface area contributed by atoms with Gasteiger partial charge in [0.1, 0.15) is 5.75 Å². The molecule has 0 radical (unpaired) electrons. The number of nitrogens with one attached hydrogen (secondary N) is 1.